The van der Waals surface area contributed by atoms with Crippen LogP contribution in [0.4, 0.5) is 10.5 Å². The summed E-state index contributed by atoms with van der Waals surface area (Å²) in [4.78, 5) is 23.3. The van der Waals surface area contributed by atoms with E-state index < -0.39 is 6.09 Å². The summed E-state index contributed by atoms with van der Waals surface area (Å²) < 4.78 is 11.8. The van der Waals surface area contributed by atoms with Gasteiger partial charge in [0.25, 0.3) is 0 Å². The molecule has 2 heterocycles. The minimum atomic E-state index is -0.416. The molecule has 0 aliphatic carbocycles. The number of hydrogen-bond acceptors (Lipinski definition) is 6. The molecule has 9 heteroatoms. The molecule has 0 fully saturated rings. The highest BCUT2D eigenvalue weighted by Crippen LogP contribution is 2.40. The Labute approximate surface area is 246 Å². The number of carbonyl (C=O) groups is 1. The number of nitrogen functional groups attached to an aromatic ring is 1. The molecule has 3 aromatic carbocycles. The summed E-state index contributed by atoms with van der Waals surface area (Å²) in [6.45, 7) is 4.19. The fourth-order valence-corrected chi connectivity index (χ4v) is 5.42. The molecule has 5 rings (SSSR count). The topological polar surface area (TPSA) is 87.1 Å². The quantitative estimate of drug-likeness (QED) is 0.183. The van der Waals surface area contributed by atoms with Crippen molar-refractivity contribution in [1.82, 2.24) is 19.7 Å². The van der Waals surface area contributed by atoms with Crippen LogP contribution in [0.15, 0.2) is 66.7 Å². The number of amides is 1. The number of benzene rings is 3. The number of likely N-dealkylation sites (N-methyl/N-ethyl adjacent to an activating group) is 2. The average Bonchev–Trinajstić information content (AvgIpc) is 3.33. The van der Waals surface area contributed by atoms with Gasteiger partial charge in [-0.15, -0.1) is 0 Å². The summed E-state index contributed by atoms with van der Waals surface area (Å²) in [5, 5.41) is 1.77. The van der Waals surface area contributed by atoms with Gasteiger partial charge in [0.05, 0.1) is 6.61 Å². The van der Waals surface area contributed by atoms with Crippen LogP contribution >= 0.6 is 11.6 Å². The van der Waals surface area contributed by atoms with Gasteiger partial charge in [0, 0.05) is 53.5 Å². The van der Waals surface area contributed by atoms with Crippen LogP contribution in [0.1, 0.15) is 29.3 Å². The Bertz CT molecular complexity index is 1470. The van der Waals surface area contributed by atoms with Crippen LogP contribution in [0.2, 0.25) is 5.02 Å². The number of aromatic nitrogens is 1. The smallest absolute Gasteiger partial charge is 0.416 e. The van der Waals surface area contributed by atoms with Gasteiger partial charge >= 0.3 is 6.09 Å². The molecular formula is C32H38ClN5O3. The van der Waals surface area contributed by atoms with Crippen molar-refractivity contribution in [2.75, 3.05) is 59.7 Å². The minimum absolute atomic E-state index is 0.356. The van der Waals surface area contributed by atoms with Crippen LogP contribution in [-0.4, -0.2) is 79.7 Å². The zero-order valence-corrected chi connectivity index (χ0v) is 24.7. The number of nitrogens with two attached hydrogens (primary N) is 1. The van der Waals surface area contributed by atoms with Crippen molar-refractivity contribution in [3.05, 3.63) is 88.6 Å². The monoisotopic (exact) mass is 575 g/mol. The van der Waals surface area contributed by atoms with Crippen LogP contribution in [0.25, 0.3) is 10.9 Å². The lowest BCUT2D eigenvalue weighted by Crippen LogP contribution is -2.42. The summed E-state index contributed by atoms with van der Waals surface area (Å²) in [6, 6.07) is 20.3. The molecule has 1 aliphatic rings. The van der Waals surface area contributed by atoms with Crippen molar-refractivity contribution in [2.24, 2.45) is 0 Å². The summed E-state index contributed by atoms with van der Waals surface area (Å²) in [7, 11) is 6.31. The molecule has 1 atom stereocenters. The number of H-pyrrole nitrogens is 1. The van der Waals surface area contributed by atoms with Crippen LogP contribution in [0.5, 0.6) is 11.5 Å². The van der Waals surface area contributed by atoms with Gasteiger partial charge in [-0.3, -0.25) is 4.90 Å². The molecule has 0 unspecified atom stereocenters. The van der Waals surface area contributed by atoms with Crippen molar-refractivity contribution < 1.29 is 14.3 Å². The predicted octanol–water partition coefficient (Wildman–Crippen LogP) is 5.81. The fourth-order valence-electron chi connectivity index (χ4n) is 5.25. The maximum Gasteiger partial charge on any atom is 0.416 e. The summed E-state index contributed by atoms with van der Waals surface area (Å²) in [5.41, 5.74) is 10.5. The van der Waals surface area contributed by atoms with Crippen molar-refractivity contribution in [2.45, 2.75) is 18.9 Å². The molecule has 41 heavy (non-hydrogen) atoms. The maximum absolute atomic E-state index is 13.5. The highest BCUT2D eigenvalue weighted by atomic mass is 35.5. The zero-order valence-electron chi connectivity index (χ0n) is 23.9. The molecular weight excluding hydrogens is 538 g/mol. The Hall–Kier alpha value is -3.72. The van der Waals surface area contributed by atoms with E-state index in [1.165, 1.54) is 5.56 Å². The molecule has 0 bridgehead atoms. The van der Waals surface area contributed by atoms with Gasteiger partial charge < -0.3 is 30.0 Å². The molecule has 0 radical (unpaired) electrons. The lowest BCUT2D eigenvalue weighted by molar-refractivity contribution is 0.135. The van der Waals surface area contributed by atoms with Gasteiger partial charge in [-0.25, -0.2) is 4.79 Å². The summed E-state index contributed by atoms with van der Waals surface area (Å²) in [6.07, 6.45) is 1.22. The van der Waals surface area contributed by atoms with E-state index in [2.05, 4.69) is 35.9 Å². The zero-order chi connectivity index (χ0) is 28.9. The lowest BCUT2D eigenvalue weighted by atomic mass is 9.92. The Kier molecular flexibility index (Phi) is 9.03. The van der Waals surface area contributed by atoms with Crippen molar-refractivity contribution in [3.63, 3.8) is 0 Å². The SMILES string of the molecule is CN(C)CCN(C)CCCOc1ccc([C@H]2c3[nH]c4ccc(Cl)cc4c3CCN2C(=O)Oc2ccc(N)cc2)cc1. The molecule has 0 spiro atoms. The number of hydrogen-bond donors (Lipinski definition) is 2. The number of ether oxygens (including phenoxy) is 2. The van der Waals surface area contributed by atoms with E-state index in [4.69, 9.17) is 26.8 Å². The molecule has 4 aromatic rings. The minimum Gasteiger partial charge on any atom is -0.494 e. The van der Waals surface area contributed by atoms with Crippen LogP contribution in [0.3, 0.4) is 0 Å². The second kappa shape index (κ2) is 12.9. The highest BCUT2D eigenvalue weighted by molar-refractivity contribution is 6.31. The number of fused-ring (bicyclic) bond motifs is 3. The van der Waals surface area contributed by atoms with E-state index in [0.717, 1.165) is 54.0 Å². The first-order valence-corrected chi connectivity index (χ1v) is 14.4. The van der Waals surface area contributed by atoms with E-state index in [1.807, 2.05) is 42.5 Å². The largest absolute Gasteiger partial charge is 0.494 e. The van der Waals surface area contributed by atoms with Gasteiger partial charge in [-0.2, -0.15) is 0 Å². The number of rotatable bonds is 10. The average molecular weight is 576 g/mol. The third kappa shape index (κ3) is 6.96. The van der Waals surface area contributed by atoms with Crippen LogP contribution < -0.4 is 15.2 Å². The van der Waals surface area contributed by atoms with Gasteiger partial charge in [0.1, 0.15) is 17.5 Å². The van der Waals surface area contributed by atoms with Crippen LogP contribution in [0, 0.1) is 0 Å². The Morgan fingerprint density at radius 3 is 2.46 bits per heavy atom. The molecule has 1 aliphatic heterocycles. The number of carbonyl (C=O) groups excluding carboxylic acids is 1. The van der Waals surface area contributed by atoms with E-state index in [1.54, 1.807) is 29.2 Å². The van der Waals surface area contributed by atoms with Crippen molar-refractivity contribution >= 4 is 34.3 Å². The number of anilines is 1. The van der Waals surface area contributed by atoms with Gasteiger partial charge in [-0.1, -0.05) is 23.7 Å². The van der Waals surface area contributed by atoms with Crippen LogP contribution in [-0.2, 0) is 6.42 Å². The maximum atomic E-state index is 13.5. The molecule has 1 amide bonds. The van der Waals surface area contributed by atoms with Crippen molar-refractivity contribution in [3.8, 4) is 11.5 Å². The second-order valence-corrected chi connectivity index (χ2v) is 11.3. The number of aromatic amines is 1. The third-order valence-corrected chi connectivity index (χ3v) is 7.72. The third-order valence-electron chi connectivity index (χ3n) is 7.49. The van der Waals surface area contributed by atoms with E-state index in [0.29, 0.717) is 36.0 Å². The van der Waals surface area contributed by atoms with Gasteiger partial charge in [0.2, 0.25) is 0 Å². The summed E-state index contributed by atoms with van der Waals surface area (Å²) in [5.74, 6) is 1.26. The highest BCUT2D eigenvalue weighted by Gasteiger charge is 2.35. The molecule has 0 saturated heterocycles. The number of halogens is 1. The molecule has 216 valence electrons. The number of nitrogens with one attached hydrogen (secondary N) is 1. The Balaban J connectivity index is 1.34. The second-order valence-electron chi connectivity index (χ2n) is 10.9. The molecule has 1 aromatic heterocycles. The predicted molar refractivity (Wildman–Crippen MR) is 165 cm³/mol. The standard InChI is InChI=1S/C32H38ClN5O3/c1-36(2)18-19-37(3)16-4-20-40-25-10-5-22(6-11-25)31-30-27(28-21-23(33)7-14-29(28)35-30)15-17-38(31)32(39)41-26-12-8-24(34)9-13-26/h5-14,21,31,35H,4,15-20,34H2,1-3H3/t31-/m0/s1. The fraction of sp³-hybridized carbons (Fsp3) is 0.344. The van der Waals surface area contributed by atoms with E-state index >= 15 is 0 Å². The van der Waals surface area contributed by atoms with Gasteiger partial charge in [-0.05, 0) is 99.7 Å². The first-order chi connectivity index (χ1) is 19.8. The first-order valence-electron chi connectivity index (χ1n) is 14.0. The first kappa shape index (κ1) is 28.8. The molecule has 3 N–H and O–H groups in total. The molecule has 0 saturated carbocycles. The van der Waals surface area contributed by atoms with Gasteiger partial charge in [0.15, 0.2) is 0 Å². The van der Waals surface area contributed by atoms with E-state index in [9.17, 15) is 4.79 Å². The Morgan fingerprint density at radius 2 is 1.73 bits per heavy atom. The Morgan fingerprint density at radius 1 is 1.00 bits per heavy atom. The lowest BCUT2D eigenvalue weighted by Gasteiger charge is -2.35. The normalized spacial score (nSPS) is 15.0. The van der Waals surface area contributed by atoms with E-state index in [-0.39, 0.29) is 6.04 Å². The van der Waals surface area contributed by atoms with Crippen molar-refractivity contribution in [1.29, 1.82) is 0 Å². The number of nitrogens with zero attached hydrogens (tertiary/aromatic N) is 3. The molecule has 8 nitrogen and oxygen atoms in total. The summed E-state index contributed by atoms with van der Waals surface area (Å²) >= 11 is 6.34.